The third-order valence-electron chi connectivity index (χ3n) is 8.78. The van der Waals surface area contributed by atoms with Crippen molar-refractivity contribution in [1.29, 1.82) is 10.5 Å². The Labute approximate surface area is 238 Å². The molecule has 0 aliphatic rings. The number of rotatable bonds is 1. The Morgan fingerprint density at radius 3 is 2.12 bits per heavy atom. The van der Waals surface area contributed by atoms with E-state index in [-0.39, 0.29) is 0 Å². The van der Waals surface area contributed by atoms with Crippen LogP contribution in [-0.4, -0.2) is 8.97 Å². The van der Waals surface area contributed by atoms with Crippen molar-refractivity contribution in [3.05, 3.63) is 107 Å². The maximum absolute atomic E-state index is 10.1. The highest BCUT2D eigenvalue weighted by atomic mass is 32.1. The third-order valence-corrected chi connectivity index (χ3v) is 9.97. The van der Waals surface area contributed by atoms with Crippen molar-refractivity contribution in [2.24, 2.45) is 0 Å². The van der Waals surface area contributed by atoms with Gasteiger partial charge in [0.1, 0.15) is 17.0 Å². The molecule has 4 aromatic heterocycles. The largest absolute Gasteiger partial charge is 0.307 e. The van der Waals surface area contributed by atoms with E-state index in [1.54, 1.807) is 11.3 Å². The second-order valence-electron chi connectivity index (χ2n) is 10.9. The number of hydrogen-bond acceptors (Lipinski definition) is 3. The highest BCUT2D eigenvalue weighted by molar-refractivity contribution is 7.26. The molecule has 0 N–H and O–H groups in total. The number of nitriles is 2. The van der Waals surface area contributed by atoms with Crippen LogP contribution in [0.3, 0.4) is 0 Å². The summed E-state index contributed by atoms with van der Waals surface area (Å²) in [5.41, 5.74) is 9.02. The van der Waals surface area contributed by atoms with Crippen LogP contribution in [0.1, 0.15) is 22.3 Å². The van der Waals surface area contributed by atoms with Crippen LogP contribution in [0, 0.1) is 36.5 Å². The zero-order chi connectivity index (χ0) is 27.6. The molecule has 41 heavy (non-hydrogen) atoms. The van der Waals surface area contributed by atoms with Gasteiger partial charge in [-0.05, 0) is 43.2 Å². The van der Waals surface area contributed by atoms with Gasteiger partial charge in [0.15, 0.2) is 0 Å². The summed E-state index contributed by atoms with van der Waals surface area (Å²) in [5.74, 6) is 0. The van der Waals surface area contributed by atoms with Crippen LogP contribution in [0.2, 0.25) is 0 Å². The molecule has 0 atom stereocenters. The average Bonchev–Trinajstić information content (AvgIpc) is 3.64. The van der Waals surface area contributed by atoms with Crippen molar-refractivity contribution in [1.82, 2.24) is 8.97 Å². The zero-order valence-electron chi connectivity index (χ0n) is 22.3. The van der Waals surface area contributed by atoms with Crippen LogP contribution in [0.5, 0.6) is 0 Å². The van der Waals surface area contributed by atoms with Gasteiger partial charge in [0.05, 0.1) is 43.6 Å². The number of aryl methyl sites for hydroxylation is 2. The summed E-state index contributed by atoms with van der Waals surface area (Å²) in [6.07, 6.45) is 0. The van der Waals surface area contributed by atoms with E-state index >= 15 is 0 Å². The van der Waals surface area contributed by atoms with Crippen molar-refractivity contribution in [3.8, 4) is 17.8 Å². The molecule has 0 bridgehead atoms. The van der Waals surface area contributed by atoms with Gasteiger partial charge in [0.25, 0.3) is 0 Å². The zero-order valence-corrected chi connectivity index (χ0v) is 23.1. The summed E-state index contributed by atoms with van der Waals surface area (Å²) in [6, 6.07) is 34.4. The predicted octanol–water partition coefficient (Wildman–Crippen LogP) is 9.51. The van der Waals surface area contributed by atoms with Gasteiger partial charge < -0.3 is 4.57 Å². The lowest BCUT2D eigenvalue weighted by molar-refractivity contribution is 1.12. The number of para-hydroxylation sites is 3. The molecule has 9 rings (SSSR count). The van der Waals surface area contributed by atoms with E-state index in [0.717, 1.165) is 37.6 Å². The number of pyridine rings is 1. The van der Waals surface area contributed by atoms with Gasteiger partial charge in [0.2, 0.25) is 0 Å². The maximum atomic E-state index is 10.1. The van der Waals surface area contributed by atoms with E-state index in [2.05, 4.69) is 102 Å². The molecule has 0 aliphatic carbocycles. The monoisotopic (exact) mass is 540 g/mol. The van der Waals surface area contributed by atoms with E-state index in [1.165, 1.54) is 48.5 Å². The summed E-state index contributed by atoms with van der Waals surface area (Å²) in [7, 11) is 0. The van der Waals surface area contributed by atoms with Crippen LogP contribution in [-0.2, 0) is 0 Å². The van der Waals surface area contributed by atoms with Crippen molar-refractivity contribution in [2.45, 2.75) is 13.8 Å². The predicted molar refractivity (Wildman–Crippen MR) is 170 cm³/mol. The number of fused-ring (bicyclic) bond motifs is 9. The quantitative estimate of drug-likeness (QED) is 0.208. The van der Waals surface area contributed by atoms with E-state index in [4.69, 9.17) is 0 Å². The van der Waals surface area contributed by atoms with Crippen LogP contribution in [0.4, 0.5) is 0 Å². The molecule has 4 nitrogen and oxygen atoms in total. The van der Waals surface area contributed by atoms with Gasteiger partial charge >= 0.3 is 0 Å². The molecule has 4 heterocycles. The lowest BCUT2D eigenvalue weighted by Gasteiger charge is -2.21. The second kappa shape index (κ2) is 7.64. The number of aromatic nitrogens is 2. The standard InChI is InChI=1S/C36H20N4S/c1-19-8-5-9-20(2)32(19)39-29-15-7-11-23-27(18-38)21(17-37)16-26(30(23)29)35-34(39)31-25-13-6-12-24-22-10-3-4-14-28(22)40(33(24)25)36(31)41-35/h3-16H,1-2H3. The summed E-state index contributed by atoms with van der Waals surface area (Å²) in [5, 5.41) is 28.1. The number of thiophene rings is 1. The minimum absolute atomic E-state index is 0.418. The Morgan fingerprint density at radius 1 is 0.634 bits per heavy atom. The van der Waals surface area contributed by atoms with Crippen LogP contribution < -0.4 is 0 Å². The fourth-order valence-electron chi connectivity index (χ4n) is 7.19. The molecule has 5 aromatic carbocycles. The highest BCUT2D eigenvalue weighted by Crippen LogP contribution is 2.50. The Hall–Kier alpha value is -5.36. The van der Waals surface area contributed by atoms with Crippen LogP contribution in [0.25, 0.3) is 75.0 Å². The molecule has 5 heteroatoms. The Morgan fingerprint density at radius 2 is 1.32 bits per heavy atom. The van der Waals surface area contributed by atoms with Crippen molar-refractivity contribution in [3.63, 3.8) is 0 Å². The summed E-state index contributed by atoms with van der Waals surface area (Å²) >= 11 is 1.78. The molecular formula is C36H20N4S. The van der Waals surface area contributed by atoms with Crippen molar-refractivity contribution in [2.75, 3.05) is 0 Å². The second-order valence-corrected chi connectivity index (χ2v) is 11.9. The van der Waals surface area contributed by atoms with Crippen molar-refractivity contribution >= 4 is 80.6 Å². The first-order valence-corrected chi connectivity index (χ1v) is 14.4. The minimum atomic E-state index is 0.418. The molecule has 0 unspecified atom stereocenters. The molecule has 0 amide bonds. The summed E-state index contributed by atoms with van der Waals surface area (Å²) < 4.78 is 5.98. The van der Waals surface area contributed by atoms with Gasteiger partial charge in [-0.1, -0.05) is 66.7 Å². The smallest absolute Gasteiger partial charge is 0.111 e. The first-order valence-electron chi connectivity index (χ1n) is 13.6. The first-order chi connectivity index (χ1) is 20.1. The molecule has 0 saturated heterocycles. The first kappa shape index (κ1) is 22.5. The summed E-state index contributed by atoms with van der Waals surface area (Å²) in [4.78, 5) is 1.20. The van der Waals surface area contributed by atoms with E-state index in [1.807, 2.05) is 18.2 Å². The molecule has 0 spiro atoms. The summed E-state index contributed by atoms with van der Waals surface area (Å²) in [6.45, 7) is 4.34. The molecule has 0 aliphatic heterocycles. The fraction of sp³-hybridized carbons (Fsp3) is 0.0556. The lowest BCUT2D eigenvalue weighted by atomic mass is 9.94. The topological polar surface area (TPSA) is 56.9 Å². The van der Waals surface area contributed by atoms with Gasteiger partial charge in [-0.25, -0.2) is 0 Å². The molecular weight excluding hydrogens is 520 g/mol. The van der Waals surface area contributed by atoms with Gasteiger partial charge in [-0.2, -0.15) is 10.5 Å². The van der Waals surface area contributed by atoms with E-state index < -0.39 is 0 Å². The van der Waals surface area contributed by atoms with Crippen molar-refractivity contribution < 1.29 is 0 Å². The maximum Gasteiger partial charge on any atom is 0.111 e. The van der Waals surface area contributed by atoms with Crippen LogP contribution >= 0.6 is 11.3 Å². The van der Waals surface area contributed by atoms with E-state index in [0.29, 0.717) is 11.1 Å². The Kier molecular flexibility index (Phi) is 4.18. The third kappa shape index (κ3) is 2.58. The normalized spacial score (nSPS) is 12.1. The lowest BCUT2D eigenvalue weighted by Crippen LogP contribution is -2.05. The van der Waals surface area contributed by atoms with Crippen LogP contribution in [0.15, 0.2) is 84.9 Å². The molecule has 0 radical (unpaired) electrons. The Bertz CT molecular complexity index is 2660. The van der Waals surface area contributed by atoms with Gasteiger partial charge in [-0.3, -0.25) is 4.40 Å². The molecule has 0 fully saturated rings. The van der Waals surface area contributed by atoms with Gasteiger partial charge in [-0.15, -0.1) is 11.3 Å². The Balaban J connectivity index is 1.67. The number of benzene rings is 5. The number of hydrogen-bond donors (Lipinski definition) is 0. The number of nitrogens with zero attached hydrogens (tertiary/aromatic N) is 4. The highest BCUT2D eigenvalue weighted by Gasteiger charge is 2.26. The van der Waals surface area contributed by atoms with Gasteiger partial charge in [0, 0.05) is 37.7 Å². The molecule has 9 aromatic rings. The average molecular weight is 541 g/mol. The molecule has 0 saturated carbocycles. The minimum Gasteiger partial charge on any atom is -0.307 e. The fourth-order valence-corrected chi connectivity index (χ4v) is 8.53. The molecule has 190 valence electrons. The van der Waals surface area contributed by atoms with E-state index in [9.17, 15) is 10.5 Å². The SMILES string of the molecule is Cc1cccc(C)c1-n1c2cccc3c(C#N)c(C#N)cc(c4sc5c(c6cccc7c8ccccc8n5c76)c41)c32.